The van der Waals surface area contributed by atoms with Crippen LogP contribution in [-0.2, 0) is 4.74 Å². The number of likely N-dealkylation sites (N-methyl/N-ethyl adjacent to an activating group) is 1. The summed E-state index contributed by atoms with van der Waals surface area (Å²) in [7, 11) is 3.13. The Bertz CT molecular complexity index is 464. The Labute approximate surface area is 109 Å². The summed E-state index contributed by atoms with van der Waals surface area (Å²) in [5.41, 5.74) is -0.0487. The van der Waals surface area contributed by atoms with Gasteiger partial charge >= 0.3 is 0 Å². The van der Waals surface area contributed by atoms with E-state index in [1.165, 1.54) is 30.2 Å². The van der Waals surface area contributed by atoms with Crippen molar-refractivity contribution >= 4 is 23.2 Å². The highest BCUT2D eigenvalue weighted by Crippen LogP contribution is 2.25. The Morgan fingerprint density at radius 1 is 1.56 bits per heavy atom. The summed E-state index contributed by atoms with van der Waals surface area (Å²) >= 11 is 5.67. The summed E-state index contributed by atoms with van der Waals surface area (Å²) in [5, 5.41) is 10.7. The number of nitrogens with zero attached hydrogens (tertiary/aromatic N) is 2. The molecule has 0 bridgehead atoms. The van der Waals surface area contributed by atoms with Crippen molar-refractivity contribution in [2.45, 2.75) is 0 Å². The zero-order valence-corrected chi connectivity index (χ0v) is 10.8. The maximum absolute atomic E-state index is 11.9. The summed E-state index contributed by atoms with van der Waals surface area (Å²) < 4.78 is 4.86. The summed E-state index contributed by atoms with van der Waals surface area (Å²) in [6.45, 7) is 0.809. The van der Waals surface area contributed by atoms with Gasteiger partial charge in [0.1, 0.15) is 5.02 Å². The molecule has 0 N–H and O–H groups in total. The largest absolute Gasteiger partial charge is 0.383 e. The summed E-state index contributed by atoms with van der Waals surface area (Å²) in [6, 6.07) is 3.98. The molecule has 98 valence electrons. The van der Waals surface area contributed by atoms with Crippen LogP contribution in [0.5, 0.6) is 0 Å². The Hall–Kier alpha value is -1.66. The van der Waals surface area contributed by atoms with Gasteiger partial charge in [-0.2, -0.15) is 0 Å². The number of ether oxygens (including phenoxy) is 1. The number of hydrogen-bond acceptors (Lipinski definition) is 4. The molecule has 0 saturated heterocycles. The lowest BCUT2D eigenvalue weighted by Crippen LogP contribution is -2.29. The maximum Gasteiger partial charge on any atom is 0.288 e. The number of nitro benzene ring substituents is 1. The predicted octanol–water partition coefficient (Wildman–Crippen LogP) is 1.97. The van der Waals surface area contributed by atoms with Crippen molar-refractivity contribution in [2.75, 3.05) is 27.3 Å². The van der Waals surface area contributed by atoms with Gasteiger partial charge in [0, 0.05) is 32.3 Å². The number of halogens is 1. The van der Waals surface area contributed by atoms with Gasteiger partial charge in [-0.3, -0.25) is 14.9 Å². The average Bonchev–Trinajstić information content (AvgIpc) is 2.35. The van der Waals surface area contributed by atoms with Crippen LogP contribution in [0, 0.1) is 10.1 Å². The van der Waals surface area contributed by atoms with Crippen molar-refractivity contribution in [3.05, 3.63) is 38.9 Å². The molecule has 1 amide bonds. The smallest absolute Gasteiger partial charge is 0.288 e. The molecule has 0 atom stereocenters. The number of nitro groups is 1. The average molecular weight is 273 g/mol. The van der Waals surface area contributed by atoms with E-state index >= 15 is 0 Å². The summed E-state index contributed by atoms with van der Waals surface area (Å²) in [6.07, 6.45) is 0. The molecule has 0 saturated carbocycles. The number of carbonyl (C=O) groups is 1. The lowest BCUT2D eigenvalue weighted by atomic mass is 10.2. The van der Waals surface area contributed by atoms with Gasteiger partial charge in [0.25, 0.3) is 11.6 Å². The molecule has 0 aliphatic rings. The van der Waals surface area contributed by atoms with Crippen molar-refractivity contribution in [3.8, 4) is 0 Å². The van der Waals surface area contributed by atoms with Gasteiger partial charge in [0.2, 0.25) is 0 Å². The topological polar surface area (TPSA) is 72.7 Å². The molecule has 1 aromatic rings. The third-order valence-corrected chi connectivity index (χ3v) is 2.69. The highest BCUT2D eigenvalue weighted by Gasteiger charge is 2.18. The molecule has 0 fully saturated rings. The van der Waals surface area contributed by atoms with Crippen molar-refractivity contribution in [3.63, 3.8) is 0 Å². The molecule has 7 heteroatoms. The SMILES string of the molecule is COCCN(C)C(=O)c1ccc(Cl)c([N+](=O)[O-])c1. The second-order valence-corrected chi connectivity index (χ2v) is 4.05. The Balaban J connectivity index is 2.93. The van der Waals surface area contributed by atoms with Crippen LogP contribution in [0.15, 0.2) is 18.2 Å². The first-order valence-corrected chi connectivity index (χ1v) is 5.53. The van der Waals surface area contributed by atoms with Gasteiger partial charge < -0.3 is 9.64 Å². The molecule has 0 unspecified atom stereocenters. The van der Waals surface area contributed by atoms with Gasteiger partial charge in [-0.1, -0.05) is 11.6 Å². The molecule has 0 heterocycles. The summed E-state index contributed by atoms with van der Waals surface area (Å²) in [5.74, 6) is -0.313. The highest BCUT2D eigenvalue weighted by molar-refractivity contribution is 6.32. The second kappa shape index (κ2) is 6.32. The van der Waals surface area contributed by atoms with Crippen LogP contribution in [0.4, 0.5) is 5.69 Å². The second-order valence-electron chi connectivity index (χ2n) is 3.64. The molecule has 6 nitrogen and oxygen atoms in total. The van der Waals surface area contributed by atoms with Crippen LogP contribution in [0.1, 0.15) is 10.4 Å². The maximum atomic E-state index is 11.9. The fourth-order valence-corrected chi connectivity index (χ4v) is 1.52. The minimum Gasteiger partial charge on any atom is -0.383 e. The first kappa shape index (κ1) is 14.4. The fraction of sp³-hybridized carbons (Fsp3) is 0.364. The fourth-order valence-electron chi connectivity index (χ4n) is 1.34. The van der Waals surface area contributed by atoms with Crippen LogP contribution in [0.25, 0.3) is 0 Å². The normalized spacial score (nSPS) is 10.2. The van der Waals surface area contributed by atoms with E-state index in [0.29, 0.717) is 13.2 Å². The number of carbonyl (C=O) groups excluding carboxylic acids is 1. The lowest BCUT2D eigenvalue weighted by Gasteiger charge is -2.16. The third kappa shape index (κ3) is 3.41. The van der Waals surface area contributed by atoms with E-state index in [9.17, 15) is 14.9 Å². The van der Waals surface area contributed by atoms with Crippen LogP contribution >= 0.6 is 11.6 Å². The first-order chi connectivity index (χ1) is 8.47. The monoisotopic (exact) mass is 272 g/mol. The number of amides is 1. The van der Waals surface area contributed by atoms with Crippen LogP contribution < -0.4 is 0 Å². The van der Waals surface area contributed by atoms with Gasteiger partial charge in [-0.05, 0) is 12.1 Å². The zero-order valence-electron chi connectivity index (χ0n) is 10.1. The van der Waals surface area contributed by atoms with Gasteiger partial charge in [-0.15, -0.1) is 0 Å². The Kier molecular flexibility index (Phi) is 5.06. The molecular weight excluding hydrogens is 260 g/mol. The lowest BCUT2D eigenvalue weighted by molar-refractivity contribution is -0.384. The van der Waals surface area contributed by atoms with Gasteiger partial charge in [0.05, 0.1) is 11.5 Å². The van der Waals surface area contributed by atoms with E-state index in [2.05, 4.69) is 0 Å². The predicted molar refractivity (Wildman–Crippen MR) is 66.9 cm³/mol. The van der Waals surface area contributed by atoms with E-state index in [0.717, 1.165) is 0 Å². The number of hydrogen-bond donors (Lipinski definition) is 0. The highest BCUT2D eigenvalue weighted by atomic mass is 35.5. The molecule has 1 aromatic carbocycles. The molecule has 0 spiro atoms. The van der Waals surface area contributed by atoms with Gasteiger partial charge in [0.15, 0.2) is 0 Å². The molecule has 1 rings (SSSR count). The van der Waals surface area contributed by atoms with E-state index in [-0.39, 0.29) is 22.2 Å². The molecule has 0 radical (unpaired) electrons. The Morgan fingerprint density at radius 3 is 2.78 bits per heavy atom. The van der Waals surface area contributed by atoms with Gasteiger partial charge in [-0.25, -0.2) is 0 Å². The van der Waals surface area contributed by atoms with Crippen LogP contribution in [0.2, 0.25) is 5.02 Å². The molecule has 0 aliphatic heterocycles. The van der Waals surface area contributed by atoms with E-state index in [4.69, 9.17) is 16.3 Å². The molecule has 0 aliphatic carbocycles. The molecule has 18 heavy (non-hydrogen) atoms. The minimum absolute atomic E-state index is 0.0103. The standard InChI is InChI=1S/C11H13ClN2O4/c1-13(5-6-18-2)11(15)8-3-4-9(12)10(7-8)14(16)17/h3-4,7H,5-6H2,1-2H3. The number of benzene rings is 1. The van der Waals surface area contributed by atoms with E-state index in [1.54, 1.807) is 7.05 Å². The number of rotatable bonds is 5. The van der Waals surface area contributed by atoms with Crippen molar-refractivity contribution < 1.29 is 14.5 Å². The number of methoxy groups -OCH3 is 1. The molecule has 0 aromatic heterocycles. The van der Waals surface area contributed by atoms with Crippen molar-refractivity contribution in [1.82, 2.24) is 4.90 Å². The molecular formula is C11H13ClN2O4. The Morgan fingerprint density at radius 2 is 2.22 bits per heavy atom. The third-order valence-electron chi connectivity index (χ3n) is 2.37. The van der Waals surface area contributed by atoms with E-state index in [1.807, 2.05) is 0 Å². The first-order valence-electron chi connectivity index (χ1n) is 5.15. The zero-order chi connectivity index (χ0) is 13.7. The van der Waals surface area contributed by atoms with Crippen LogP contribution in [0.3, 0.4) is 0 Å². The van der Waals surface area contributed by atoms with E-state index < -0.39 is 4.92 Å². The van der Waals surface area contributed by atoms with Crippen molar-refractivity contribution in [2.24, 2.45) is 0 Å². The van der Waals surface area contributed by atoms with Crippen molar-refractivity contribution in [1.29, 1.82) is 0 Å². The minimum atomic E-state index is -0.617. The van der Waals surface area contributed by atoms with Crippen LogP contribution in [-0.4, -0.2) is 43.0 Å². The summed E-state index contributed by atoms with van der Waals surface area (Å²) in [4.78, 5) is 23.5. The quantitative estimate of drug-likeness (QED) is 0.607.